The van der Waals surface area contributed by atoms with Gasteiger partial charge in [-0.1, -0.05) is 72.3 Å². The zero-order valence-corrected chi connectivity index (χ0v) is 10.9. The van der Waals surface area contributed by atoms with Crippen LogP contribution in [-0.4, -0.2) is 29.6 Å². The first-order valence-corrected chi connectivity index (χ1v) is 4.41. The first-order valence-electron chi connectivity index (χ1n) is 4.41. The minimum atomic E-state index is 0. The molecule has 0 spiro atoms. The molecule has 0 heterocycles. The molecule has 0 amide bonds. The number of aryl methyl sites for hydroxylation is 1. The summed E-state index contributed by atoms with van der Waals surface area (Å²) in [4.78, 5) is 0. The second-order valence-corrected chi connectivity index (χ2v) is 2.81. The minimum absolute atomic E-state index is 0. The van der Waals surface area contributed by atoms with Crippen LogP contribution in [0.5, 0.6) is 0 Å². The Hall–Kier alpha value is -0.560. The van der Waals surface area contributed by atoms with Crippen LogP contribution >= 0.6 is 0 Å². The summed E-state index contributed by atoms with van der Waals surface area (Å²) in [5, 5.41) is 0. The molecule has 0 bridgehead atoms. The topological polar surface area (TPSA) is 0 Å². The van der Waals surface area contributed by atoms with Crippen molar-refractivity contribution in [3.05, 3.63) is 72.3 Å². The van der Waals surface area contributed by atoms with E-state index in [4.69, 9.17) is 0 Å². The molecule has 0 nitrogen and oxygen atoms in total. The van der Waals surface area contributed by atoms with Crippen LogP contribution < -0.4 is 0 Å². The molecule has 0 aliphatic carbocycles. The van der Waals surface area contributed by atoms with Crippen LogP contribution in [0.1, 0.15) is 5.56 Å². The fourth-order valence-electron chi connectivity index (χ4n) is 0.919. The Balaban J connectivity index is 0.000000227. The summed E-state index contributed by atoms with van der Waals surface area (Å²) in [6.07, 6.45) is 0. The van der Waals surface area contributed by atoms with Crippen molar-refractivity contribution >= 4 is 29.6 Å². The maximum Gasteiger partial charge on any atom is 0 e. The largest absolute Gasteiger partial charge is 0.0623 e. The predicted octanol–water partition coefficient (Wildman–Crippen LogP) is 3.30. The van der Waals surface area contributed by atoms with Gasteiger partial charge in [-0.3, -0.25) is 0 Å². The van der Waals surface area contributed by atoms with Crippen LogP contribution in [0.4, 0.5) is 0 Å². The molecule has 0 aliphatic rings. The second-order valence-electron chi connectivity index (χ2n) is 2.81. The molecule has 67 valence electrons. The van der Waals surface area contributed by atoms with E-state index in [1.807, 2.05) is 54.6 Å². The van der Waals surface area contributed by atoms with Crippen molar-refractivity contribution in [2.24, 2.45) is 0 Å². The molecule has 0 N–H and O–H groups in total. The van der Waals surface area contributed by atoms with Crippen LogP contribution in [0, 0.1) is 6.92 Å². The third-order valence-electron chi connectivity index (χ3n) is 1.61. The van der Waals surface area contributed by atoms with Gasteiger partial charge in [0.05, 0.1) is 0 Å². The summed E-state index contributed by atoms with van der Waals surface area (Å²) in [6.45, 7) is 2.08. The van der Waals surface area contributed by atoms with Gasteiger partial charge in [-0.25, -0.2) is 0 Å². The van der Waals surface area contributed by atoms with Gasteiger partial charge in [-0.05, 0) is 6.92 Å². The molecule has 0 aromatic heterocycles. The van der Waals surface area contributed by atoms with E-state index in [1.165, 1.54) is 5.56 Å². The SMILES string of the molecule is Cc1ccccc1.[Na].c1ccccc1. The van der Waals surface area contributed by atoms with Gasteiger partial charge in [-0.2, -0.15) is 0 Å². The van der Waals surface area contributed by atoms with Crippen LogP contribution in [0.25, 0.3) is 0 Å². The molecule has 0 aliphatic heterocycles. The van der Waals surface area contributed by atoms with E-state index in [-0.39, 0.29) is 29.6 Å². The normalized spacial score (nSPS) is 7.79. The van der Waals surface area contributed by atoms with Gasteiger partial charge < -0.3 is 0 Å². The van der Waals surface area contributed by atoms with Crippen LogP contribution in [-0.2, 0) is 0 Å². The Morgan fingerprint density at radius 2 is 0.857 bits per heavy atom. The van der Waals surface area contributed by atoms with Gasteiger partial charge >= 0.3 is 0 Å². The molecule has 0 atom stereocenters. The van der Waals surface area contributed by atoms with Crippen molar-refractivity contribution in [3.8, 4) is 0 Å². The van der Waals surface area contributed by atoms with Crippen molar-refractivity contribution in [1.82, 2.24) is 0 Å². The van der Waals surface area contributed by atoms with Gasteiger partial charge in [0, 0.05) is 29.6 Å². The van der Waals surface area contributed by atoms with E-state index < -0.39 is 0 Å². The summed E-state index contributed by atoms with van der Waals surface area (Å²) >= 11 is 0. The van der Waals surface area contributed by atoms with Gasteiger partial charge in [0.25, 0.3) is 0 Å². The van der Waals surface area contributed by atoms with Crippen molar-refractivity contribution < 1.29 is 0 Å². The van der Waals surface area contributed by atoms with Crippen molar-refractivity contribution in [2.45, 2.75) is 6.92 Å². The monoisotopic (exact) mass is 193 g/mol. The van der Waals surface area contributed by atoms with E-state index in [1.54, 1.807) is 0 Å². The van der Waals surface area contributed by atoms with Crippen molar-refractivity contribution in [3.63, 3.8) is 0 Å². The molecule has 2 aromatic carbocycles. The third-order valence-corrected chi connectivity index (χ3v) is 1.61. The van der Waals surface area contributed by atoms with E-state index in [2.05, 4.69) is 19.1 Å². The molecular formula is C13H14Na. The summed E-state index contributed by atoms with van der Waals surface area (Å²) in [5.41, 5.74) is 1.32. The molecule has 2 rings (SSSR count). The number of hydrogen-bond donors (Lipinski definition) is 0. The maximum atomic E-state index is 2.08. The predicted molar refractivity (Wildman–Crippen MR) is 63.4 cm³/mol. The molecule has 0 saturated heterocycles. The molecule has 1 heteroatoms. The Morgan fingerprint density at radius 3 is 1.07 bits per heavy atom. The fraction of sp³-hybridized carbons (Fsp3) is 0.0769. The molecule has 0 fully saturated rings. The Kier molecular flexibility index (Phi) is 8.65. The first kappa shape index (κ1) is 13.4. The standard InChI is InChI=1S/C7H8.C6H6.Na/c1-7-5-3-2-4-6-7;1-2-4-6-5-3-1;/h2-6H,1H3;1-6H;. The third kappa shape index (κ3) is 6.90. The summed E-state index contributed by atoms with van der Waals surface area (Å²) < 4.78 is 0. The Morgan fingerprint density at radius 1 is 0.571 bits per heavy atom. The van der Waals surface area contributed by atoms with Gasteiger partial charge in [0.15, 0.2) is 0 Å². The first-order chi connectivity index (χ1) is 6.39. The molecule has 0 saturated carbocycles. The van der Waals surface area contributed by atoms with Crippen molar-refractivity contribution in [1.29, 1.82) is 0 Å². The molecule has 14 heavy (non-hydrogen) atoms. The number of hydrogen-bond acceptors (Lipinski definition) is 0. The Labute approximate surface area is 108 Å². The average molecular weight is 193 g/mol. The molecular weight excluding hydrogens is 179 g/mol. The van der Waals surface area contributed by atoms with E-state index in [0.29, 0.717) is 0 Å². The van der Waals surface area contributed by atoms with Crippen LogP contribution in [0.3, 0.4) is 0 Å². The second kappa shape index (κ2) is 9.01. The van der Waals surface area contributed by atoms with E-state index in [0.717, 1.165) is 0 Å². The van der Waals surface area contributed by atoms with E-state index in [9.17, 15) is 0 Å². The minimum Gasteiger partial charge on any atom is -0.0623 e. The zero-order chi connectivity index (χ0) is 9.36. The zero-order valence-electron chi connectivity index (χ0n) is 8.85. The van der Waals surface area contributed by atoms with Crippen LogP contribution in [0.2, 0.25) is 0 Å². The maximum absolute atomic E-state index is 2.08. The summed E-state index contributed by atoms with van der Waals surface area (Å²) in [6, 6.07) is 22.3. The van der Waals surface area contributed by atoms with Crippen LogP contribution in [0.15, 0.2) is 66.7 Å². The molecule has 1 radical (unpaired) electrons. The fourth-order valence-corrected chi connectivity index (χ4v) is 0.919. The summed E-state index contributed by atoms with van der Waals surface area (Å²) in [5.74, 6) is 0. The number of benzene rings is 2. The summed E-state index contributed by atoms with van der Waals surface area (Å²) in [7, 11) is 0. The van der Waals surface area contributed by atoms with Gasteiger partial charge in [-0.15, -0.1) is 0 Å². The average Bonchev–Trinajstić information content (AvgIpc) is 2.22. The van der Waals surface area contributed by atoms with E-state index >= 15 is 0 Å². The van der Waals surface area contributed by atoms with Gasteiger partial charge in [0.2, 0.25) is 0 Å². The Bertz CT molecular complexity index is 276. The molecule has 0 unspecified atom stereocenters. The number of rotatable bonds is 0. The molecule has 2 aromatic rings. The quantitative estimate of drug-likeness (QED) is 0.563. The van der Waals surface area contributed by atoms with Crippen molar-refractivity contribution in [2.75, 3.05) is 0 Å². The smallest absolute Gasteiger partial charge is 0 e. The van der Waals surface area contributed by atoms with Gasteiger partial charge in [0.1, 0.15) is 0 Å².